The van der Waals surface area contributed by atoms with Crippen LogP contribution in [0.2, 0.25) is 0 Å². The number of anilines is 2. The van der Waals surface area contributed by atoms with Crippen LogP contribution in [0.4, 0.5) is 21.0 Å². The zero-order valence-corrected chi connectivity index (χ0v) is 20.8. The van der Waals surface area contributed by atoms with E-state index in [1.165, 1.54) is 11.0 Å². The summed E-state index contributed by atoms with van der Waals surface area (Å²) < 4.78 is 28.0. The molecule has 4 rings (SSSR count). The Morgan fingerprint density at radius 1 is 1.23 bits per heavy atom. The second-order valence-electron chi connectivity index (χ2n) is 9.69. The van der Waals surface area contributed by atoms with Crippen molar-refractivity contribution in [2.75, 3.05) is 16.8 Å². The molecule has 0 saturated carbocycles. The molecule has 1 aliphatic rings. The molecule has 0 aliphatic carbocycles. The van der Waals surface area contributed by atoms with Crippen molar-refractivity contribution in [1.29, 1.82) is 0 Å². The predicted octanol–water partition coefficient (Wildman–Crippen LogP) is 4.72. The van der Waals surface area contributed by atoms with Crippen LogP contribution in [0, 0.1) is 5.82 Å². The number of cyclic esters (lactones) is 1. The van der Waals surface area contributed by atoms with Crippen LogP contribution in [-0.4, -0.2) is 50.2 Å². The Balaban J connectivity index is 1.51. The van der Waals surface area contributed by atoms with Crippen LogP contribution < -0.4 is 10.2 Å². The minimum atomic E-state index is -0.492. The molecule has 1 saturated heterocycles. The molecule has 1 amide bonds. The summed E-state index contributed by atoms with van der Waals surface area (Å²) in [4.78, 5) is 22.8. The molecule has 1 unspecified atom stereocenters. The average molecular weight is 483 g/mol. The Hall–Kier alpha value is -3.53. The first-order chi connectivity index (χ1) is 16.5. The molecule has 186 valence electrons. The second-order valence-corrected chi connectivity index (χ2v) is 9.69. The Morgan fingerprint density at radius 3 is 2.66 bits per heavy atom. The average Bonchev–Trinajstić information content (AvgIpc) is 3.38. The first-order valence-electron chi connectivity index (χ1n) is 11.5. The maximum Gasteiger partial charge on any atom is 0.416 e. The molecule has 0 bridgehead atoms. The SMILES string of the molecule is C[C@H](Nc1nccc(N2C(=O)OCC2[C@@H](C)OC(C)(C)C)n1)c1ccc(-c2cnn(C)c2)cc1F. The number of rotatable bonds is 7. The molecule has 2 aromatic heterocycles. The zero-order chi connectivity index (χ0) is 25.3. The number of carbonyl (C=O) groups excluding carboxylic acids is 1. The lowest BCUT2D eigenvalue weighted by atomic mass is 10.0. The van der Waals surface area contributed by atoms with E-state index in [9.17, 15) is 9.18 Å². The molecule has 3 heterocycles. The number of hydrogen-bond acceptors (Lipinski definition) is 7. The van der Waals surface area contributed by atoms with Gasteiger partial charge in [-0.1, -0.05) is 12.1 Å². The summed E-state index contributed by atoms with van der Waals surface area (Å²) in [5, 5.41) is 7.27. The molecule has 35 heavy (non-hydrogen) atoms. The van der Waals surface area contributed by atoms with Gasteiger partial charge in [-0.2, -0.15) is 10.1 Å². The fourth-order valence-electron chi connectivity index (χ4n) is 4.13. The number of nitrogens with zero attached hydrogens (tertiary/aromatic N) is 5. The number of nitrogens with one attached hydrogen (secondary N) is 1. The Morgan fingerprint density at radius 2 is 2.00 bits per heavy atom. The van der Waals surface area contributed by atoms with Gasteiger partial charge in [0.2, 0.25) is 5.95 Å². The van der Waals surface area contributed by atoms with Crippen molar-refractivity contribution < 1.29 is 18.7 Å². The molecule has 1 N–H and O–H groups in total. The Labute approximate surface area is 204 Å². The molecule has 3 atom stereocenters. The lowest BCUT2D eigenvalue weighted by molar-refractivity contribution is -0.0618. The van der Waals surface area contributed by atoms with Gasteiger partial charge in [0, 0.05) is 30.6 Å². The highest BCUT2D eigenvalue weighted by molar-refractivity contribution is 5.89. The van der Waals surface area contributed by atoms with Crippen molar-refractivity contribution in [3.05, 3.63) is 54.2 Å². The number of hydrogen-bond donors (Lipinski definition) is 1. The van der Waals surface area contributed by atoms with E-state index >= 15 is 0 Å². The van der Waals surface area contributed by atoms with Crippen LogP contribution in [0.1, 0.15) is 46.2 Å². The smallest absolute Gasteiger partial charge is 0.416 e. The Kier molecular flexibility index (Phi) is 6.75. The van der Waals surface area contributed by atoms with Crippen LogP contribution in [0.25, 0.3) is 11.1 Å². The summed E-state index contributed by atoms with van der Waals surface area (Å²) >= 11 is 0. The minimum Gasteiger partial charge on any atom is -0.447 e. The van der Waals surface area contributed by atoms with Crippen LogP contribution in [-0.2, 0) is 16.5 Å². The molecule has 1 aromatic carbocycles. The first-order valence-corrected chi connectivity index (χ1v) is 11.5. The number of benzene rings is 1. The number of halogens is 1. The van der Waals surface area contributed by atoms with Gasteiger partial charge in [0.15, 0.2) is 0 Å². The molecule has 0 radical (unpaired) electrons. The molecule has 9 nitrogen and oxygen atoms in total. The minimum absolute atomic E-state index is 0.202. The van der Waals surface area contributed by atoms with Crippen molar-refractivity contribution in [1.82, 2.24) is 19.7 Å². The van der Waals surface area contributed by atoms with Gasteiger partial charge >= 0.3 is 6.09 Å². The van der Waals surface area contributed by atoms with E-state index in [2.05, 4.69) is 20.4 Å². The summed E-state index contributed by atoms with van der Waals surface area (Å²) in [6.07, 6.45) is 4.31. The monoisotopic (exact) mass is 482 g/mol. The molecular formula is C25H31FN6O3. The van der Waals surface area contributed by atoms with E-state index < -0.39 is 12.1 Å². The lowest BCUT2D eigenvalue weighted by Gasteiger charge is -2.31. The topological polar surface area (TPSA) is 94.4 Å². The van der Waals surface area contributed by atoms with Crippen molar-refractivity contribution in [2.45, 2.75) is 58.4 Å². The highest BCUT2D eigenvalue weighted by Crippen LogP contribution is 2.29. The number of amides is 1. The maximum absolute atomic E-state index is 15.0. The first kappa shape index (κ1) is 24.6. The fourth-order valence-corrected chi connectivity index (χ4v) is 4.13. The summed E-state index contributed by atoms with van der Waals surface area (Å²) in [6, 6.07) is 5.97. The normalized spacial score (nSPS) is 17.9. The Bertz CT molecular complexity index is 1210. The van der Waals surface area contributed by atoms with Gasteiger partial charge < -0.3 is 14.8 Å². The second kappa shape index (κ2) is 9.61. The van der Waals surface area contributed by atoms with Crippen molar-refractivity contribution in [2.24, 2.45) is 7.05 Å². The predicted molar refractivity (Wildman–Crippen MR) is 131 cm³/mol. The highest BCUT2D eigenvalue weighted by Gasteiger charge is 2.40. The highest BCUT2D eigenvalue weighted by atomic mass is 19.1. The number of aryl methyl sites for hydroxylation is 1. The lowest BCUT2D eigenvalue weighted by Crippen LogP contribution is -2.45. The number of ether oxygens (including phenoxy) is 2. The van der Waals surface area contributed by atoms with Gasteiger partial charge in [0.05, 0.1) is 23.9 Å². The summed E-state index contributed by atoms with van der Waals surface area (Å²) in [6.45, 7) is 9.81. The molecule has 0 spiro atoms. The van der Waals surface area contributed by atoms with Crippen LogP contribution in [0.5, 0.6) is 0 Å². The number of carbonyl (C=O) groups is 1. The van der Waals surface area contributed by atoms with Gasteiger partial charge in [-0.05, 0) is 52.3 Å². The van der Waals surface area contributed by atoms with Gasteiger partial charge in [-0.25, -0.2) is 14.2 Å². The third kappa shape index (κ3) is 5.59. The standard InChI is InChI=1S/C25H31FN6O3/c1-15(19-8-7-17(11-20(19)26)18-12-28-31(6)13-18)29-23-27-10-9-22(30-23)32-21(14-34-24(32)33)16(2)35-25(3,4)5/h7-13,15-16,21H,14H2,1-6H3,(H,27,29,30)/t15-,16+,21?/m0/s1. The fraction of sp³-hybridized carbons (Fsp3) is 0.440. The molecule has 1 aliphatic heterocycles. The van der Waals surface area contributed by atoms with E-state index in [1.54, 1.807) is 29.2 Å². The summed E-state index contributed by atoms with van der Waals surface area (Å²) in [5.74, 6) is 0.311. The van der Waals surface area contributed by atoms with Crippen LogP contribution in [0.15, 0.2) is 42.9 Å². The van der Waals surface area contributed by atoms with Crippen LogP contribution in [0.3, 0.4) is 0 Å². The van der Waals surface area contributed by atoms with Crippen molar-refractivity contribution in [3.8, 4) is 11.1 Å². The van der Waals surface area contributed by atoms with Gasteiger partial charge in [-0.15, -0.1) is 0 Å². The van der Waals surface area contributed by atoms with E-state index in [1.807, 2.05) is 53.9 Å². The summed E-state index contributed by atoms with van der Waals surface area (Å²) in [7, 11) is 1.82. The molecule has 10 heteroatoms. The van der Waals surface area contributed by atoms with E-state index in [4.69, 9.17) is 9.47 Å². The van der Waals surface area contributed by atoms with Crippen molar-refractivity contribution >= 4 is 17.9 Å². The van der Waals surface area contributed by atoms with Crippen molar-refractivity contribution in [3.63, 3.8) is 0 Å². The van der Waals surface area contributed by atoms with E-state index in [0.29, 0.717) is 11.4 Å². The van der Waals surface area contributed by atoms with Gasteiger partial charge in [0.25, 0.3) is 0 Å². The molecule has 1 fully saturated rings. The molecule has 3 aromatic rings. The van der Waals surface area contributed by atoms with E-state index in [-0.39, 0.29) is 36.1 Å². The van der Waals surface area contributed by atoms with E-state index in [0.717, 1.165) is 11.1 Å². The molecular weight excluding hydrogens is 451 g/mol. The van der Waals surface area contributed by atoms with Gasteiger partial charge in [-0.3, -0.25) is 9.58 Å². The maximum atomic E-state index is 15.0. The largest absolute Gasteiger partial charge is 0.447 e. The van der Waals surface area contributed by atoms with Gasteiger partial charge in [0.1, 0.15) is 24.3 Å². The van der Waals surface area contributed by atoms with Crippen LogP contribution >= 0.6 is 0 Å². The third-order valence-electron chi connectivity index (χ3n) is 5.73. The number of aromatic nitrogens is 4. The zero-order valence-electron chi connectivity index (χ0n) is 20.8. The third-order valence-corrected chi connectivity index (χ3v) is 5.73. The summed E-state index contributed by atoms with van der Waals surface area (Å²) in [5.41, 5.74) is 1.68. The quantitative estimate of drug-likeness (QED) is 0.521.